The van der Waals surface area contributed by atoms with E-state index in [1.54, 1.807) is 26.9 Å². The predicted molar refractivity (Wildman–Crippen MR) is 201 cm³/mol. The molecular weight excluding hydrogens is 642 g/mol. The van der Waals surface area contributed by atoms with Gasteiger partial charge in [-0.25, -0.2) is 0 Å². The van der Waals surface area contributed by atoms with E-state index in [4.69, 9.17) is 9.47 Å². The fraction of sp³-hybridized carbons (Fsp3) is 0.452. The molecule has 3 fully saturated rings. The lowest BCUT2D eigenvalue weighted by Gasteiger charge is -2.37. The normalized spacial score (nSPS) is 24.8. The quantitative estimate of drug-likeness (QED) is 0.125. The summed E-state index contributed by atoms with van der Waals surface area (Å²) in [5, 5.41) is 11.4. The van der Waals surface area contributed by atoms with Gasteiger partial charge in [-0.1, -0.05) is 62.2 Å². The van der Waals surface area contributed by atoms with Crippen LogP contribution in [0.15, 0.2) is 92.0 Å². The van der Waals surface area contributed by atoms with Crippen LogP contribution in [0.5, 0.6) is 5.75 Å². The SMILES string of the molecule is C=CCN(C(=O)C1N(CCCCCCO)C(=O)[C@@H]2[C@@H](C(=O)N(CC=C)c3ccc(OCC)cc3)[C@@]3(CC)CCC12O3)c1ccc2ccccc2c1. The predicted octanol–water partition coefficient (Wildman–Crippen LogP) is 6.68. The molecule has 0 saturated carbocycles. The van der Waals surface area contributed by atoms with Gasteiger partial charge in [0.15, 0.2) is 0 Å². The highest BCUT2D eigenvalue weighted by Gasteiger charge is 2.79. The first-order valence-corrected chi connectivity index (χ1v) is 18.5. The highest BCUT2D eigenvalue weighted by Crippen LogP contribution is 2.65. The Balaban J connectivity index is 1.41. The van der Waals surface area contributed by atoms with Crippen molar-refractivity contribution < 1.29 is 29.0 Å². The molecule has 0 aromatic heterocycles. The summed E-state index contributed by atoms with van der Waals surface area (Å²) in [5.41, 5.74) is -0.657. The number of benzene rings is 3. The van der Waals surface area contributed by atoms with Gasteiger partial charge >= 0.3 is 0 Å². The zero-order chi connectivity index (χ0) is 36.2. The lowest BCUT2D eigenvalue weighted by molar-refractivity contribution is -0.146. The van der Waals surface area contributed by atoms with Gasteiger partial charge in [0.2, 0.25) is 11.8 Å². The van der Waals surface area contributed by atoms with Gasteiger partial charge in [-0.05, 0) is 86.2 Å². The molecule has 9 nitrogen and oxygen atoms in total. The summed E-state index contributed by atoms with van der Waals surface area (Å²) < 4.78 is 12.8. The van der Waals surface area contributed by atoms with Gasteiger partial charge in [0.05, 0.1) is 24.0 Å². The number of likely N-dealkylation sites (tertiary alicyclic amines) is 1. The van der Waals surface area contributed by atoms with Gasteiger partial charge in [0.1, 0.15) is 17.4 Å². The second-order valence-corrected chi connectivity index (χ2v) is 13.9. The van der Waals surface area contributed by atoms with Gasteiger partial charge in [0.25, 0.3) is 5.91 Å². The molecule has 3 saturated heterocycles. The number of aliphatic hydroxyl groups excluding tert-OH is 1. The van der Waals surface area contributed by atoms with Crippen molar-refractivity contribution in [3.05, 3.63) is 92.0 Å². The number of anilines is 2. The van der Waals surface area contributed by atoms with E-state index in [2.05, 4.69) is 13.2 Å². The summed E-state index contributed by atoms with van der Waals surface area (Å²) in [4.78, 5) is 50.1. The first kappa shape index (κ1) is 36.3. The summed E-state index contributed by atoms with van der Waals surface area (Å²) in [6, 6.07) is 20.4. The number of amides is 3. The molecule has 1 spiro atoms. The van der Waals surface area contributed by atoms with Crippen LogP contribution in [0, 0.1) is 11.8 Å². The van der Waals surface area contributed by atoms with Gasteiger partial charge < -0.3 is 29.3 Å². The lowest BCUT2D eigenvalue weighted by Crippen LogP contribution is -2.56. The minimum Gasteiger partial charge on any atom is -0.494 e. The van der Waals surface area contributed by atoms with Gasteiger partial charge in [-0.2, -0.15) is 0 Å². The van der Waals surface area contributed by atoms with Crippen molar-refractivity contribution in [2.75, 3.05) is 42.6 Å². The van der Waals surface area contributed by atoms with Crippen LogP contribution in [-0.4, -0.2) is 77.8 Å². The molecule has 6 rings (SSSR count). The van der Waals surface area contributed by atoms with Crippen molar-refractivity contribution in [1.29, 1.82) is 0 Å². The maximum absolute atomic E-state index is 15.2. The molecule has 3 aromatic carbocycles. The van der Waals surface area contributed by atoms with Crippen molar-refractivity contribution in [3.63, 3.8) is 0 Å². The van der Waals surface area contributed by atoms with Gasteiger partial charge in [-0.3, -0.25) is 14.4 Å². The second-order valence-electron chi connectivity index (χ2n) is 13.9. The highest BCUT2D eigenvalue weighted by atomic mass is 16.5. The summed E-state index contributed by atoms with van der Waals surface area (Å²) in [5.74, 6) is -1.52. The molecule has 3 heterocycles. The second kappa shape index (κ2) is 15.4. The summed E-state index contributed by atoms with van der Waals surface area (Å²) in [6.45, 7) is 13.3. The topological polar surface area (TPSA) is 99.6 Å². The molecule has 270 valence electrons. The first-order valence-electron chi connectivity index (χ1n) is 18.5. The number of hydrogen-bond acceptors (Lipinski definition) is 6. The number of fused-ring (bicyclic) bond motifs is 2. The molecule has 0 aliphatic carbocycles. The smallest absolute Gasteiger partial charge is 0.253 e. The average Bonchev–Trinajstić information content (AvgIpc) is 3.76. The van der Waals surface area contributed by atoms with Crippen molar-refractivity contribution in [1.82, 2.24) is 4.90 Å². The van der Waals surface area contributed by atoms with Crippen LogP contribution in [0.25, 0.3) is 10.8 Å². The third-order valence-electron chi connectivity index (χ3n) is 11.1. The number of carbonyl (C=O) groups excluding carboxylic acids is 3. The summed E-state index contributed by atoms with van der Waals surface area (Å²) in [6.07, 6.45) is 7.97. The standard InChI is InChI=1S/C42H51N3O6/c1-5-25-43(32-19-21-34(22-20-32)50-8-4)38(47)35-36-39(48)45(27-13-9-10-14-28-46)37(42(36)24-23-41(35,7-3)51-42)40(49)44(26-6-2)33-18-17-30-15-11-12-16-31(30)29-33/h5-6,11-12,15-22,29,35-37,46H,1-2,7-10,13-14,23-28H2,3-4H3/t35-,36-,37?,41+,42?/m0/s1. The molecule has 9 heteroatoms. The van der Waals surface area contributed by atoms with Crippen molar-refractivity contribution >= 4 is 39.9 Å². The number of aliphatic hydroxyl groups is 1. The molecule has 3 aliphatic heterocycles. The fourth-order valence-corrected chi connectivity index (χ4v) is 8.81. The Hall–Kier alpha value is -4.47. The number of unbranched alkanes of at least 4 members (excludes halogenated alkanes) is 3. The zero-order valence-electron chi connectivity index (χ0n) is 30.0. The lowest BCUT2D eigenvalue weighted by atomic mass is 9.64. The van der Waals surface area contributed by atoms with E-state index in [0.717, 1.165) is 23.6 Å². The fourth-order valence-electron chi connectivity index (χ4n) is 8.81. The molecule has 1 N–H and O–H groups in total. The third-order valence-corrected chi connectivity index (χ3v) is 11.1. The molecule has 3 aliphatic rings. The number of rotatable bonds is 17. The van der Waals surface area contributed by atoms with E-state index < -0.39 is 29.1 Å². The summed E-state index contributed by atoms with van der Waals surface area (Å²) in [7, 11) is 0. The van der Waals surface area contributed by atoms with E-state index in [1.807, 2.05) is 80.6 Å². The maximum atomic E-state index is 15.2. The molecular formula is C42H51N3O6. The van der Waals surface area contributed by atoms with Gasteiger partial charge in [-0.15, -0.1) is 13.2 Å². The number of ether oxygens (including phenoxy) is 2. The van der Waals surface area contributed by atoms with Crippen LogP contribution in [0.3, 0.4) is 0 Å². The Morgan fingerprint density at radius 1 is 0.902 bits per heavy atom. The largest absolute Gasteiger partial charge is 0.494 e. The van der Waals surface area contributed by atoms with Crippen LogP contribution in [-0.2, 0) is 19.1 Å². The molecule has 51 heavy (non-hydrogen) atoms. The Kier molecular flexibility index (Phi) is 11.0. The zero-order valence-corrected chi connectivity index (χ0v) is 30.0. The van der Waals surface area contributed by atoms with Crippen LogP contribution in [0.4, 0.5) is 11.4 Å². The minimum atomic E-state index is -1.16. The van der Waals surface area contributed by atoms with Gasteiger partial charge in [0, 0.05) is 37.6 Å². The van der Waals surface area contributed by atoms with Crippen LogP contribution >= 0.6 is 0 Å². The molecule has 5 atom stereocenters. The molecule has 0 radical (unpaired) electrons. The monoisotopic (exact) mass is 693 g/mol. The van der Waals surface area contributed by atoms with Crippen molar-refractivity contribution in [2.45, 2.75) is 76.0 Å². The van der Waals surface area contributed by atoms with E-state index in [1.165, 1.54) is 0 Å². The maximum Gasteiger partial charge on any atom is 0.253 e. The van der Waals surface area contributed by atoms with Crippen LogP contribution in [0.1, 0.15) is 58.8 Å². The summed E-state index contributed by atoms with van der Waals surface area (Å²) >= 11 is 0. The van der Waals surface area contributed by atoms with Crippen LogP contribution in [0.2, 0.25) is 0 Å². The van der Waals surface area contributed by atoms with E-state index in [0.29, 0.717) is 62.4 Å². The Labute approximate surface area is 301 Å². The Morgan fingerprint density at radius 2 is 1.57 bits per heavy atom. The first-order chi connectivity index (χ1) is 24.8. The van der Waals surface area contributed by atoms with E-state index in [-0.39, 0.29) is 37.4 Å². The number of nitrogens with zero attached hydrogens (tertiary/aromatic N) is 3. The Bertz CT molecular complexity index is 1760. The third kappa shape index (κ3) is 6.46. The molecule has 2 bridgehead atoms. The molecule has 3 aromatic rings. The number of hydrogen-bond donors (Lipinski definition) is 1. The average molecular weight is 694 g/mol. The van der Waals surface area contributed by atoms with Crippen molar-refractivity contribution in [3.8, 4) is 5.75 Å². The number of carbonyl (C=O) groups is 3. The van der Waals surface area contributed by atoms with Crippen molar-refractivity contribution in [2.24, 2.45) is 11.8 Å². The molecule has 3 amide bonds. The van der Waals surface area contributed by atoms with Crippen LogP contribution < -0.4 is 14.5 Å². The minimum absolute atomic E-state index is 0.115. The van der Waals surface area contributed by atoms with E-state index >= 15 is 4.79 Å². The highest BCUT2D eigenvalue weighted by molar-refractivity contribution is 6.07. The molecule has 2 unspecified atom stereocenters. The Morgan fingerprint density at radius 3 is 2.24 bits per heavy atom. The van der Waals surface area contributed by atoms with E-state index in [9.17, 15) is 14.7 Å².